The molecule has 1 aromatic heterocycles. The van der Waals surface area contributed by atoms with Gasteiger partial charge < -0.3 is 0 Å². The van der Waals surface area contributed by atoms with Crippen LogP contribution in [0.1, 0.15) is 18.4 Å². The van der Waals surface area contributed by atoms with E-state index in [-0.39, 0.29) is 5.91 Å². The molecule has 6 nitrogen and oxygen atoms in total. The number of hydrogen-bond acceptors (Lipinski definition) is 6. The van der Waals surface area contributed by atoms with Crippen molar-refractivity contribution in [2.45, 2.75) is 12.8 Å². The van der Waals surface area contributed by atoms with Crippen LogP contribution < -0.4 is 5.01 Å². The maximum atomic E-state index is 13.4. The first-order valence-electron chi connectivity index (χ1n) is 9.48. The van der Waals surface area contributed by atoms with Crippen molar-refractivity contribution in [1.82, 2.24) is 4.98 Å². The van der Waals surface area contributed by atoms with Gasteiger partial charge in [-0.05, 0) is 24.6 Å². The van der Waals surface area contributed by atoms with Crippen molar-refractivity contribution in [3.8, 4) is 23.4 Å². The van der Waals surface area contributed by atoms with E-state index in [2.05, 4.69) is 26.0 Å². The third-order valence-corrected chi connectivity index (χ3v) is 6.52. The van der Waals surface area contributed by atoms with Gasteiger partial charge in [-0.1, -0.05) is 58.4 Å². The zero-order valence-electron chi connectivity index (χ0n) is 16.4. The van der Waals surface area contributed by atoms with Gasteiger partial charge in [-0.2, -0.15) is 20.6 Å². The van der Waals surface area contributed by atoms with Crippen molar-refractivity contribution in [1.29, 1.82) is 10.5 Å². The molecule has 8 heteroatoms. The van der Waals surface area contributed by atoms with Crippen LogP contribution in [-0.4, -0.2) is 16.6 Å². The lowest BCUT2D eigenvalue weighted by Gasteiger charge is -2.23. The summed E-state index contributed by atoms with van der Waals surface area (Å²) in [6.07, 6.45) is 0. The van der Waals surface area contributed by atoms with E-state index >= 15 is 0 Å². The molecule has 0 unspecified atom stereocenters. The van der Waals surface area contributed by atoms with Crippen molar-refractivity contribution in [2.75, 3.05) is 5.01 Å². The van der Waals surface area contributed by atoms with Gasteiger partial charge in [0.25, 0.3) is 5.91 Å². The molecule has 31 heavy (non-hydrogen) atoms. The molecule has 2 atom stereocenters. The summed E-state index contributed by atoms with van der Waals surface area (Å²) in [5, 5.41) is 27.2. The summed E-state index contributed by atoms with van der Waals surface area (Å²) < 4.78 is 0.973. The average molecular weight is 490 g/mol. The van der Waals surface area contributed by atoms with Crippen LogP contribution in [0.25, 0.3) is 11.3 Å². The van der Waals surface area contributed by atoms with Crippen molar-refractivity contribution in [3.63, 3.8) is 0 Å². The number of hydrazone groups is 1. The van der Waals surface area contributed by atoms with Crippen LogP contribution in [0.15, 0.2) is 69.6 Å². The second-order valence-corrected chi connectivity index (χ2v) is 8.82. The van der Waals surface area contributed by atoms with E-state index in [4.69, 9.17) is 0 Å². The molecule has 1 aliphatic heterocycles. The summed E-state index contributed by atoms with van der Waals surface area (Å²) in [6.45, 7) is 1.76. The molecule has 2 aromatic carbocycles. The molecule has 3 aromatic rings. The fourth-order valence-corrected chi connectivity index (χ4v) is 4.74. The van der Waals surface area contributed by atoms with Crippen LogP contribution in [-0.2, 0) is 4.79 Å². The largest absolute Gasteiger partial charge is 0.272 e. The zero-order chi connectivity index (χ0) is 22.0. The number of nitrogens with zero attached hydrogens (tertiary/aromatic N) is 5. The van der Waals surface area contributed by atoms with Gasteiger partial charge >= 0.3 is 0 Å². The predicted octanol–water partition coefficient (Wildman–Crippen LogP) is 5.36. The Morgan fingerprint density at radius 1 is 1.10 bits per heavy atom. The molecule has 0 aliphatic carbocycles. The van der Waals surface area contributed by atoms with Crippen molar-refractivity contribution < 1.29 is 4.79 Å². The second kappa shape index (κ2) is 8.81. The van der Waals surface area contributed by atoms with Gasteiger partial charge in [0, 0.05) is 27.0 Å². The van der Waals surface area contributed by atoms with Crippen molar-refractivity contribution in [3.05, 3.63) is 70.0 Å². The Bertz CT molecular complexity index is 1210. The van der Waals surface area contributed by atoms with Crippen LogP contribution in [0, 0.1) is 34.5 Å². The van der Waals surface area contributed by atoms with Crippen molar-refractivity contribution >= 4 is 44.0 Å². The third kappa shape index (κ3) is 4.00. The molecule has 152 valence electrons. The highest BCUT2D eigenvalue weighted by Crippen LogP contribution is 2.39. The first kappa shape index (κ1) is 20.9. The number of thiazole rings is 1. The Labute approximate surface area is 192 Å². The molecular weight excluding hydrogens is 474 g/mol. The lowest BCUT2D eigenvalue weighted by Crippen LogP contribution is -2.34. The summed E-state index contributed by atoms with van der Waals surface area (Å²) in [5.41, 5.74) is 3.02. The SMILES string of the molecule is CC1=NN(c2nc(-c3ccc(Br)cc3)cs2)C(=O)[C@H]1[C@@H](c1ccccc1)C(C#N)C#N. The summed E-state index contributed by atoms with van der Waals surface area (Å²) in [4.78, 5) is 18.0. The summed E-state index contributed by atoms with van der Waals surface area (Å²) in [5.74, 6) is -2.57. The highest BCUT2D eigenvalue weighted by molar-refractivity contribution is 9.10. The Morgan fingerprint density at radius 2 is 1.77 bits per heavy atom. The number of halogens is 1. The molecule has 0 saturated heterocycles. The van der Waals surface area contributed by atoms with E-state index in [0.717, 1.165) is 21.3 Å². The number of nitriles is 2. The minimum absolute atomic E-state index is 0.279. The van der Waals surface area contributed by atoms with Crippen LogP contribution in [0.4, 0.5) is 5.13 Å². The molecule has 2 heterocycles. The number of carbonyl (C=O) groups is 1. The van der Waals surface area contributed by atoms with Crippen LogP contribution in [0.3, 0.4) is 0 Å². The molecule has 0 radical (unpaired) electrons. The number of benzene rings is 2. The second-order valence-electron chi connectivity index (χ2n) is 7.06. The molecule has 0 saturated carbocycles. The third-order valence-electron chi connectivity index (χ3n) is 5.18. The molecule has 4 rings (SSSR count). The van der Waals surface area contributed by atoms with Crippen LogP contribution >= 0.6 is 27.3 Å². The van der Waals surface area contributed by atoms with Crippen molar-refractivity contribution in [2.24, 2.45) is 16.9 Å². The Balaban J connectivity index is 1.67. The number of carbonyl (C=O) groups excluding carboxylic acids is 1. The predicted molar refractivity (Wildman–Crippen MR) is 123 cm³/mol. The van der Waals surface area contributed by atoms with Crippen LogP contribution in [0.5, 0.6) is 0 Å². The van der Waals surface area contributed by atoms with E-state index < -0.39 is 17.8 Å². The van der Waals surface area contributed by atoms with E-state index in [1.807, 2.05) is 72.1 Å². The summed E-state index contributed by atoms with van der Waals surface area (Å²) >= 11 is 4.75. The van der Waals surface area contributed by atoms with Gasteiger partial charge in [-0.25, -0.2) is 4.98 Å². The molecule has 1 amide bonds. The quantitative estimate of drug-likeness (QED) is 0.482. The first-order valence-corrected chi connectivity index (χ1v) is 11.2. The minimum Gasteiger partial charge on any atom is -0.272 e. The normalized spacial score (nSPS) is 16.7. The van der Waals surface area contributed by atoms with Gasteiger partial charge in [0.1, 0.15) is 5.92 Å². The average Bonchev–Trinajstić information content (AvgIpc) is 3.38. The molecule has 0 bridgehead atoms. The lowest BCUT2D eigenvalue weighted by molar-refractivity contribution is -0.120. The monoisotopic (exact) mass is 489 g/mol. The lowest BCUT2D eigenvalue weighted by atomic mass is 9.76. The highest BCUT2D eigenvalue weighted by Gasteiger charge is 2.45. The Hall–Kier alpha value is -3.33. The topological polar surface area (TPSA) is 93.1 Å². The van der Waals surface area contributed by atoms with E-state index in [9.17, 15) is 15.3 Å². The minimum atomic E-state index is -0.976. The number of aromatic nitrogens is 1. The molecule has 0 fully saturated rings. The smallest absolute Gasteiger partial charge is 0.259 e. The van der Waals surface area contributed by atoms with E-state index in [1.54, 1.807) is 6.92 Å². The number of hydrogen-bond donors (Lipinski definition) is 0. The van der Waals surface area contributed by atoms with Gasteiger partial charge in [-0.15, -0.1) is 11.3 Å². The standard InChI is InChI=1S/C23H16BrN5OS/c1-14-20(21(17(11-25)12-26)16-5-3-2-4-6-16)22(30)29(28-14)23-27-19(13-31-23)15-7-9-18(24)10-8-15/h2-10,13,17,20-21H,1H3/t20-,21+/m1/s1. The number of rotatable bonds is 5. The zero-order valence-corrected chi connectivity index (χ0v) is 18.8. The summed E-state index contributed by atoms with van der Waals surface area (Å²) in [7, 11) is 0. The van der Waals surface area contributed by atoms with Crippen LogP contribution in [0.2, 0.25) is 0 Å². The summed E-state index contributed by atoms with van der Waals surface area (Å²) in [6, 6.07) is 21.1. The van der Waals surface area contributed by atoms with Gasteiger partial charge in [0.15, 0.2) is 0 Å². The fraction of sp³-hybridized carbons (Fsp3) is 0.174. The first-order chi connectivity index (χ1) is 15.0. The van der Waals surface area contributed by atoms with E-state index in [1.165, 1.54) is 16.3 Å². The molecular formula is C23H16BrN5OS. The molecule has 0 N–H and O–H groups in total. The highest BCUT2D eigenvalue weighted by atomic mass is 79.9. The number of amides is 1. The fourth-order valence-electron chi connectivity index (χ4n) is 3.69. The molecule has 0 spiro atoms. The van der Waals surface area contributed by atoms with Gasteiger partial charge in [0.2, 0.25) is 5.13 Å². The van der Waals surface area contributed by atoms with Gasteiger partial charge in [-0.3, -0.25) is 4.79 Å². The van der Waals surface area contributed by atoms with E-state index in [0.29, 0.717) is 10.8 Å². The molecule has 1 aliphatic rings. The van der Waals surface area contributed by atoms with Gasteiger partial charge in [0.05, 0.1) is 23.8 Å². The number of anilines is 1. The Kier molecular flexibility index (Phi) is 5.94. The Morgan fingerprint density at radius 3 is 2.42 bits per heavy atom. The maximum absolute atomic E-state index is 13.4. The maximum Gasteiger partial charge on any atom is 0.259 e.